The van der Waals surface area contributed by atoms with Crippen LogP contribution in [0.4, 0.5) is 0 Å². The van der Waals surface area contributed by atoms with Crippen LogP contribution in [0.15, 0.2) is 0 Å². The maximum absolute atomic E-state index is 11.7. The molecule has 0 saturated heterocycles. The topological polar surface area (TPSA) is 46.9 Å². The molecule has 1 aromatic heterocycles. The van der Waals surface area contributed by atoms with E-state index in [1.807, 2.05) is 13.8 Å². The fraction of sp³-hybridized carbons (Fsp3) is 0.600. The van der Waals surface area contributed by atoms with Crippen LogP contribution in [-0.2, 0) is 18.3 Å². The Bertz CT molecular complexity index is 373. The molecule has 84 valence electrons. The van der Waals surface area contributed by atoms with Crippen LogP contribution in [0.25, 0.3) is 0 Å². The number of halogens is 1. The van der Waals surface area contributed by atoms with Crippen LogP contribution in [0.2, 0.25) is 5.15 Å². The summed E-state index contributed by atoms with van der Waals surface area (Å²) in [4.78, 5) is 11.7. The Morgan fingerprint density at radius 1 is 1.67 bits per heavy atom. The highest BCUT2D eigenvalue weighted by molar-refractivity contribution is 6.30. The molecule has 15 heavy (non-hydrogen) atoms. The molecule has 0 amide bonds. The van der Waals surface area contributed by atoms with Gasteiger partial charge in [-0.2, -0.15) is 5.10 Å². The molecule has 5 heteroatoms. The Morgan fingerprint density at radius 2 is 2.27 bits per heavy atom. The third-order valence-electron chi connectivity index (χ3n) is 2.54. The number of hydrogen-bond acceptors (Lipinski definition) is 3. The van der Waals surface area contributed by atoms with E-state index in [2.05, 4.69) is 10.4 Å². The minimum absolute atomic E-state index is 0.121. The largest absolute Gasteiger partial charge is 0.311 e. The van der Waals surface area contributed by atoms with Crippen LogP contribution >= 0.6 is 11.6 Å². The molecule has 1 atom stereocenters. The fourth-order valence-electron chi connectivity index (χ4n) is 1.36. The van der Waals surface area contributed by atoms with Crippen molar-refractivity contribution >= 4 is 17.4 Å². The molecule has 0 aliphatic heterocycles. The predicted octanol–water partition coefficient (Wildman–Crippen LogP) is 1.10. The predicted molar refractivity (Wildman–Crippen MR) is 60.2 cm³/mol. The van der Waals surface area contributed by atoms with Gasteiger partial charge in [-0.3, -0.25) is 9.48 Å². The van der Waals surface area contributed by atoms with Gasteiger partial charge in [0.1, 0.15) is 5.15 Å². The molecule has 1 rings (SSSR count). The Morgan fingerprint density at radius 3 is 2.67 bits per heavy atom. The van der Waals surface area contributed by atoms with E-state index in [0.717, 1.165) is 11.3 Å². The second-order valence-corrected chi connectivity index (χ2v) is 3.99. The number of carbonyl (C=O) groups is 1. The third kappa shape index (κ3) is 2.58. The minimum Gasteiger partial charge on any atom is -0.311 e. The van der Waals surface area contributed by atoms with Crippen molar-refractivity contribution < 1.29 is 4.79 Å². The maximum Gasteiger partial charge on any atom is 0.153 e. The van der Waals surface area contributed by atoms with Crippen LogP contribution in [0.3, 0.4) is 0 Å². The molecule has 0 aromatic carbocycles. The molecule has 0 fully saturated rings. The van der Waals surface area contributed by atoms with E-state index in [9.17, 15) is 4.79 Å². The Balaban J connectivity index is 2.85. The molecule has 0 radical (unpaired) electrons. The monoisotopic (exact) mass is 229 g/mol. The van der Waals surface area contributed by atoms with Gasteiger partial charge in [0.05, 0.1) is 11.7 Å². The first-order valence-corrected chi connectivity index (χ1v) is 5.23. The van der Waals surface area contributed by atoms with Crippen molar-refractivity contribution in [1.82, 2.24) is 15.1 Å². The average molecular weight is 230 g/mol. The van der Waals surface area contributed by atoms with Crippen LogP contribution in [-0.4, -0.2) is 28.7 Å². The van der Waals surface area contributed by atoms with Crippen molar-refractivity contribution in [3.63, 3.8) is 0 Å². The van der Waals surface area contributed by atoms with Crippen LogP contribution in [0.1, 0.15) is 18.2 Å². The Kier molecular flexibility index (Phi) is 3.88. The van der Waals surface area contributed by atoms with Crippen LogP contribution < -0.4 is 5.32 Å². The molecule has 1 aromatic rings. The number of hydrogen-bond donors (Lipinski definition) is 1. The SMILES string of the molecule is CNC(C)C(=O)Cc1c(C)nn(C)c1Cl. The van der Waals surface area contributed by atoms with E-state index in [0.29, 0.717) is 11.6 Å². The van der Waals surface area contributed by atoms with E-state index in [1.54, 1.807) is 18.8 Å². The number of Topliss-reactive ketones (excluding diaryl/α,β-unsaturated/α-hetero) is 1. The minimum atomic E-state index is -0.152. The van der Waals surface area contributed by atoms with Crippen molar-refractivity contribution in [3.8, 4) is 0 Å². The van der Waals surface area contributed by atoms with Gasteiger partial charge in [-0.25, -0.2) is 0 Å². The van der Waals surface area contributed by atoms with Gasteiger partial charge in [0, 0.05) is 19.0 Å². The Hall–Kier alpha value is -0.870. The molecule has 0 bridgehead atoms. The zero-order valence-corrected chi connectivity index (χ0v) is 10.2. The normalized spacial score (nSPS) is 12.9. The summed E-state index contributed by atoms with van der Waals surface area (Å²) >= 11 is 6.03. The first-order valence-electron chi connectivity index (χ1n) is 4.85. The number of nitrogens with zero attached hydrogens (tertiary/aromatic N) is 2. The summed E-state index contributed by atoms with van der Waals surface area (Å²) in [5.41, 5.74) is 1.64. The molecule has 0 saturated carbocycles. The summed E-state index contributed by atoms with van der Waals surface area (Å²) in [6.45, 7) is 3.69. The zero-order valence-electron chi connectivity index (χ0n) is 9.47. The Labute approximate surface area is 94.6 Å². The van der Waals surface area contributed by atoms with Crippen molar-refractivity contribution in [2.24, 2.45) is 7.05 Å². The van der Waals surface area contributed by atoms with Crippen molar-refractivity contribution in [3.05, 3.63) is 16.4 Å². The summed E-state index contributed by atoms with van der Waals surface area (Å²) < 4.78 is 1.59. The van der Waals surface area contributed by atoms with Gasteiger partial charge in [-0.05, 0) is 20.9 Å². The van der Waals surface area contributed by atoms with Gasteiger partial charge >= 0.3 is 0 Å². The van der Waals surface area contributed by atoms with Gasteiger partial charge < -0.3 is 5.32 Å². The van der Waals surface area contributed by atoms with Gasteiger partial charge in [0.15, 0.2) is 5.78 Å². The molecule has 1 N–H and O–H groups in total. The number of likely N-dealkylation sites (N-methyl/N-ethyl adjacent to an activating group) is 1. The first-order chi connectivity index (χ1) is 6.97. The highest BCUT2D eigenvalue weighted by Gasteiger charge is 2.17. The second-order valence-electron chi connectivity index (χ2n) is 3.63. The van der Waals surface area contributed by atoms with Crippen LogP contribution in [0, 0.1) is 6.92 Å². The number of rotatable bonds is 4. The summed E-state index contributed by atoms with van der Waals surface area (Å²) in [5.74, 6) is 0.121. The molecule has 1 heterocycles. The van der Waals surface area contributed by atoms with E-state index in [-0.39, 0.29) is 11.8 Å². The molecular formula is C10H16ClN3O. The van der Waals surface area contributed by atoms with E-state index in [1.165, 1.54) is 0 Å². The lowest BCUT2D eigenvalue weighted by Gasteiger charge is -2.08. The van der Waals surface area contributed by atoms with Gasteiger partial charge in [0.2, 0.25) is 0 Å². The van der Waals surface area contributed by atoms with Crippen molar-refractivity contribution in [2.75, 3.05) is 7.05 Å². The number of aromatic nitrogens is 2. The number of carbonyl (C=O) groups excluding carboxylic acids is 1. The molecule has 0 aliphatic rings. The fourth-order valence-corrected chi connectivity index (χ4v) is 1.60. The standard InChI is InChI=1S/C10H16ClN3O/c1-6-8(10(11)14(4)13-6)5-9(15)7(2)12-3/h7,12H,5H2,1-4H3. The van der Waals surface area contributed by atoms with Gasteiger partial charge in [0.25, 0.3) is 0 Å². The van der Waals surface area contributed by atoms with E-state index in [4.69, 9.17) is 11.6 Å². The molecular weight excluding hydrogens is 214 g/mol. The average Bonchev–Trinajstić information content (AvgIpc) is 2.43. The van der Waals surface area contributed by atoms with Gasteiger partial charge in [-0.1, -0.05) is 11.6 Å². The molecule has 0 spiro atoms. The van der Waals surface area contributed by atoms with Crippen molar-refractivity contribution in [1.29, 1.82) is 0 Å². The molecule has 1 unspecified atom stereocenters. The number of aryl methyl sites for hydroxylation is 2. The number of nitrogens with one attached hydrogen (secondary N) is 1. The second kappa shape index (κ2) is 4.77. The number of ketones is 1. The van der Waals surface area contributed by atoms with E-state index < -0.39 is 0 Å². The third-order valence-corrected chi connectivity index (χ3v) is 3.01. The van der Waals surface area contributed by atoms with E-state index >= 15 is 0 Å². The highest BCUT2D eigenvalue weighted by atomic mass is 35.5. The van der Waals surface area contributed by atoms with Crippen molar-refractivity contribution in [2.45, 2.75) is 26.3 Å². The lowest BCUT2D eigenvalue weighted by Crippen LogP contribution is -2.32. The maximum atomic E-state index is 11.7. The van der Waals surface area contributed by atoms with Crippen LogP contribution in [0.5, 0.6) is 0 Å². The highest BCUT2D eigenvalue weighted by Crippen LogP contribution is 2.19. The lowest BCUT2D eigenvalue weighted by atomic mass is 10.1. The summed E-state index contributed by atoms with van der Waals surface area (Å²) in [5, 5.41) is 7.62. The summed E-state index contributed by atoms with van der Waals surface area (Å²) in [7, 11) is 3.53. The summed E-state index contributed by atoms with van der Waals surface area (Å²) in [6.07, 6.45) is 0.334. The summed E-state index contributed by atoms with van der Waals surface area (Å²) in [6, 6.07) is -0.152. The smallest absolute Gasteiger partial charge is 0.153 e. The van der Waals surface area contributed by atoms with Gasteiger partial charge in [-0.15, -0.1) is 0 Å². The molecule has 4 nitrogen and oxygen atoms in total. The zero-order chi connectivity index (χ0) is 11.6. The first kappa shape index (κ1) is 12.2. The lowest BCUT2D eigenvalue weighted by molar-refractivity contribution is -0.119. The molecule has 0 aliphatic carbocycles. The quantitative estimate of drug-likeness (QED) is 0.841.